The summed E-state index contributed by atoms with van der Waals surface area (Å²) in [6.45, 7) is 5.38. The van der Waals surface area contributed by atoms with Crippen molar-refractivity contribution < 1.29 is 19.0 Å². The first kappa shape index (κ1) is 25.4. The van der Waals surface area contributed by atoms with Crippen molar-refractivity contribution in [3.8, 4) is 11.4 Å². The van der Waals surface area contributed by atoms with Gasteiger partial charge in [0.15, 0.2) is 0 Å². The number of amides is 1. The van der Waals surface area contributed by atoms with Crippen LogP contribution in [-0.2, 0) is 14.3 Å². The molecule has 0 aliphatic heterocycles. The number of hydrogen-bond acceptors (Lipinski definition) is 6. The van der Waals surface area contributed by atoms with Gasteiger partial charge in [-0.2, -0.15) is 0 Å². The second-order valence-corrected chi connectivity index (χ2v) is 7.85. The number of methoxy groups -OCH3 is 2. The van der Waals surface area contributed by atoms with Crippen LogP contribution in [0.5, 0.6) is 5.75 Å². The van der Waals surface area contributed by atoms with E-state index in [1.165, 1.54) is 7.11 Å². The van der Waals surface area contributed by atoms with E-state index in [1.807, 2.05) is 56.3 Å². The zero-order chi connectivity index (χ0) is 24.5. The summed E-state index contributed by atoms with van der Waals surface area (Å²) in [6, 6.07) is 14.2. The summed E-state index contributed by atoms with van der Waals surface area (Å²) in [6.07, 6.45) is 1.23. The summed E-state index contributed by atoms with van der Waals surface area (Å²) in [5.41, 5.74) is 1.08. The van der Waals surface area contributed by atoms with Crippen LogP contribution >= 0.6 is 0 Å². The minimum absolute atomic E-state index is 0.0512. The molecule has 0 aliphatic rings. The average Bonchev–Trinajstić information content (AvgIpc) is 2.85. The molecule has 2 aromatic carbocycles. The third-order valence-corrected chi connectivity index (χ3v) is 5.60. The Bertz CT molecular complexity index is 1140. The highest BCUT2D eigenvalue weighted by Gasteiger charge is 2.28. The Hall–Kier alpha value is -3.23. The summed E-state index contributed by atoms with van der Waals surface area (Å²) in [5, 5.41) is 0.518. The Balaban J connectivity index is 2.20. The Morgan fingerprint density at radius 1 is 1.06 bits per heavy atom. The normalized spacial score (nSPS) is 12.0. The van der Waals surface area contributed by atoms with E-state index in [2.05, 4.69) is 0 Å². The lowest BCUT2D eigenvalue weighted by atomic mass is 10.1. The van der Waals surface area contributed by atoms with E-state index in [4.69, 9.17) is 19.2 Å². The highest BCUT2D eigenvalue weighted by atomic mass is 16.5. The van der Waals surface area contributed by atoms with Crippen LogP contribution in [0.15, 0.2) is 53.3 Å². The molecule has 3 aromatic rings. The van der Waals surface area contributed by atoms with Gasteiger partial charge in [-0.1, -0.05) is 19.1 Å². The van der Waals surface area contributed by atoms with Gasteiger partial charge in [0.25, 0.3) is 5.56 Å². The molecule has 0 bridgehead atoms. The van der Waals surface area contributed by atoms with E-state index in [0.717, 1.165) is 5.75 Å². The lowest BCUT2D eigenvalue weighted by Crippen LogP contribution is -2.41. The number of ether oxygens (including phenoxy) is 3. The summed E-state index contributed by atoms with van der Waals surface area (Å²) in [5.74, 6) is 1.07. The van der Waals surface area contributed by atoms with E-state index in [0.29, 0.717) is 55.0 Å². The highest BCUT2D eigenvalue weighted by molar-refractivity contribution is 5.79. The van der Waals surface area contributed by atoms with Crippen LogP contribution in [0.25, 0.3) is 16.6 Å². The third-order valence-electron chi connectivity index (χ3n) is 5.60. The van der Waals surface area contributed by atoms with Crippen LogP contribution in [-0.4, -0.2) is 60.9 Å². The molecular formula is C26H33N3O5. The van der Waals surface area contributed by atoms with E-state index >= 15 is 0 Å². The van der Waals surface area contributed by atoms with Gasteiger partial charge in [0.2, 0.25) is 5.91 Å². The van der Waals surface area contributed by atoms with Crippen molar-refractivity contribution in [1.82, 2.24) is 14.5 Å². The summed E-state index contributed by atoms with van der Waals surface area (Å²) >= 11 is 0. The fourth-order valence-corrected chi connectivity index (χ4v) is 4.06. The summed E-state index contributed by atoms with van der Waals surface area (Å²) in [7, 11) is 3.13. The van der Waals surface area contributed by atoms with Crippen LogP contribution in [0.4, 0.5) is 0 Å². The Kier molecular flexibility index (Phi) is 9.18. The quantitative estimate of drug-likeness (QED) is 0.377. The summed E-state index contributed by atoms with van der Waals surface area (Å²) in [4.78, 5) is 33.4. The number of carbonyl (C=O) groups excluding carboxylic acids is 1. The maximum atomic E-state index is 13.7. The fourth-order valence-electron chi connectivity index (χ4n) is 4.06. The Morgan fingerprint density at radius 2 is 1.79 bits per heavy atom. The predicted molar refractivity (Wildman–Crippen MR) is 132 cm³/mol. The number of rotatable bonds is 12. The second-order valence-electron chi connectivity index (χ2n) is 7.85. The third kappa shape index (κ3) is 5.63. The van der Waals surface area contributed by atoms with Gasteiger partial charge in [0.05, 0.1) is 29.2 Å². The van der Waals surface area contributed by atoms with Gasteiger partial charge in [0.1, 0.15) is 18.2 Å². The molecule has 0 fully saturated rings. The zero-order valence-corrected chi connectivity index (χ0v) is 20.3. The van der Waals surface area contributed by atoms with Crippen LogP contribution in [0, 0.1) is 0 Å². The van der Waals surface area contributed by atoms with Crippen molar-refractivity contribution in [2.24, 2.45) is 0 Å². The molecule has 0 spiro atoms. The first-order valence-corrected chi connectivity index (χ1v) is 11.6. The van der Waals surface area contributed by atoms with Gasteiger partial charge >= 0.3 is 0 Å². The number of carbonyl (C=O) groups is 1. The molecule has 8 heteroatoms. The van der Waals surface area contributed by atoms with Gasteiger partial charge in [-0.15, -0.1) is 0 Å². The van der Waals surface area contributed by atoms with Gasteiger partial charge in [0, 0.05) is 27.4 Å². The molecule has 1 unspecified atom stereocenters. The number of benzene rings is 2. The van der Waals surface area contributed by atoms with Crippen LogP contribution in [0.1, 0.15) is 38.6 Å². The van der Waals surface area contributed by atoms with Gasteiger partial charge < -0.3 is 19.1 Å². The van der Waals surface area contributed by atoms with Crippen molar-refractivity contribution in [3.05, 3.63) is 64.7 Å². The van der Waals surface area contributed by atoms with Gasteiger partial charge in [-0.05, 0) is 56.2 Å². The minimum Gasteiger partial charge on any atom is -0.494 e. The number of aromatic nitrogens is 2. The van der Waals surface area contributed by atoms with E-state index in [-0.39, 0.29) is 18.1 Å². The van der Waals surface area contributed by atoms with Crippen LogP contribution < -0.4 is 10.3 Å². The first-order valence-electron chi connectivity index (χ1n) is 11.6. The number of nitrogens with zero attached hydrogens (tertiary/aromatic N) is 3. The van der Waals surface area contributed by atoms with Crippen LogP contribution in [0.2, 0.25) is 0 Å². The lowest BCUT2D eigenvalue weighted by molar-refractivity contribution is -0.138. The molecule has 1 atom stereocenters. The second kappa shape index (κ2) is 12.3. The molecule has 1 aromatic heterocycles. The lowest BCUT2D eigenvalue weighted by Gasteiger charge is -2.32. The molecule has 0 radical (unpaired) electrons. The Morgan fingerprint density at radius 3 is 2.44 bits per heavy atom. The largest absolute Gasteiger partial charge is 0.494 e. The van der Waals surface area contributed by atoms with Crippen molar-refractivity contribution in [3.63, 3.8) is 0 Å². The standard InChI is InChI=1S/C26H33N3O5/c1-5-23(28(16-9-17-32-3)24(30)18-33-4)25-27-22-11-8-7-10-21(22)26(31)29(25)19-12-14-20(15-13-19)34-6-2/h7-8,10-15,23H,5-6,9,16-18H2,1-4H3. The van der Waals surface area contributed by atoms with Gasteiger partial charge in [-0.25, -0.2) is 4.98 Å². The van der Waals surface area contributed by atoms with Crippen LogP contribution in [0.3, 0.4) is 0 Å². The topological polar surface area (TPSA) is 82.9 Å². The average molecular weight is 468 g/mol. The van der Waals surface area contributed by atoms with E-state index in [1.54, 1.807) is 22.6 Å². The zero-order valence-electron chi connectivity index (χ0n) is 20.3. The maximum Gasteiger partial charge on any atom is 0.266 e. The van der Waals surface area contributed by atoms with Crippen molar-refractivity contribution in [2.75, 3.05) is 40.6 Å². The monoisotopic (exact) mass is 467 g/mol. The number of para-hydroxylation sites is 1. The Labute approximate surface area is 200 Å². The maximum absolute atomic E-state index is 13.7. The van der Waals surface area contributed by atoms with E-state index < -0.39 is 6.04 Å². The fraction of sp³-hybridized carbons (Fsp3) is 0.423. The number of fused-ring (bicyclic) bond motifs is 1. The smallest absolute Gasteiger partial charge is 0.266 e. The molecule has 0 aliphatic carbocycles. The first-order chi connectivity index (χ1) is 16.5. The van der Waals surface area contributed by atoms with E-state index in [9.17, 15) is 9.59 Å². The molecule has 0 N–H and O–H groups in total. The van der Waals surface area contributed by atoms with Crippen molar-refractivity contribution in [2.45, 2.75) is 32.7 Å². The van der Waals surface area contributed by atoms with Crippen molar-refractivity contribution in [1.29, 1.82) is 0 Å². The molecule has 8 nitrogen and oxygen atoms in total. The molecule has 3 rings (SSSR count). The van der Waals surface area contributed by atoms with Crippen molar-refractivity contribution >= 4 is 16.8 Å². The predicted octanol–water partition coefficient (Wildman–Crippen LogP) is 3.75. The SMILES string of the molecule is CCOc1ccc(-n2c(C(CC)N(CCCOC)C(=O)COC)nc3ccccc3c2=O)cc1. The molecule has 0 saturated heterocycles. The van der Waals surface area contributed by atoms with Gasteiger partial charge in [-0.3, -0.25) is 14.2 Å². The molecule has 1 heterocycles. The molecular weight excluding hydrogens is 434 g/mol. The molecule has 0 saturated carbocycles. The number of hydrogen-bond donors (Lipinski definition) is 0. The minimum atomic E-state index is -0.427. The molecule has 1 amide bonds. The summed E-state index contributed by atoms with van der Waals surface area (Å²) < 4.78 is 17.5. The molecule has 34 heavy (non-hydrogen) atoms. The highest BCUT2D eigenvalue weighted by Crippen LogP contribution is 2.27. The molecule has 182 valence electrons.